The van der Waals surface area contributed by atoms with Crippen molar-refractivity contribution in [1.82, 2.24) is 4.90 Å². The molecule has 1 amide bonds. The van der Waals surface area contributed by atoms with Gasteiger partial charge in [-0.15, -0.1) is 11.8 Å². The van der Waals surface area contributed by atoms with Gasteiger partial charge < -0.3 is 9.64 Å². The van der Waals surface area contributed by atoms with E-state index >= 15 is 0 Å². The molecule has 0 bridgehead atoms. The smallest absolute Gasteiger partial charge is 0.325 e. The van der Waals surface area contributed by atoms with Gasteiger partial charge in [-0.3, -0.25) is 9.59 Å². The highest BCUT2D eigenvalue weighted by Crippen LogP contribution is 2.21. The highest BCUT2D eigenvalue weighted by molar-refractivity contribution is 7.99. The number of halogens is 1. The highest BCUT2D eigenvalue weighted by atomic mass is 35.5. The van der Waals surface area contributed by atoms with Gasteiger partial charge in [-0.25, -0.2) is 0 Å². The number of esters is 1. The summed E-state index contributed by atoms with van der Waals surface area (Å²) >= 11 is 7.41. The number of ether oxygens (including phenoxy) is 1. The van der Waals surface area contributed by atoms with E-state index in [-0.39, 0.29) is 18.5 Å². The third kappa shape index (κ3) is 6.40. The normalized spacial score (nSPS) is 10.5. The molecule has 0 saturated carbocycles. The van der Waals surface area contributed by atoms with Crippen LogP contribution >= 0.6 is 23.4 Å². The van der Waals surface area contributed by atoms with Gasteiger partial charge in [0.15, 0.2) is 0 Å². The Balaban J connectivity index is 2.46. The average molecular weight is 330 g/mol. The number of hydrogen-bond donors (Lipinski definition) is 0. The fourth-order valence-corrected chi connectivity index (χ4v) is 2.66. The minimum atomic E-state index is -0.401. The van der Waals surface area contributed by atoms with Crippen molar-refractivity contribution >= 4 is 35.2 Å². The summed E-state index contributed by atoms with van der Waals surface area (Å²) in [6.45, 7) is 3.76. The summed E-state index contributed by atoms with van der Waals surface area (Å²) < 4.78 is 4.62. The maximum Gasteiger partial charge on any atom is 0.325 e. The Kier molecular flexibility index (Phi) is 7.61. The van der Waals surface area contributed by atoms with E-state index in [1.54, 1.807) is 11.8 Å². The Morgan fingerprint density at radius 3 is 2.43 bits per heavy atom. The molecule has 0 aliphatic rings. The molecule has 0 spiro atoms. The molecule has 0 fully saturated rings. The van der Waals surface area contributed by atoms with Crippen LogP contribution in [-0.4, -0.2) is 42.2 Å². The van der Waals surface area contributed by atoms with Crippen LogP contribution in [0.1, 0.15) is 20.3 Å². The number of carbonyl (C=O) groups excluding carboxylic acids is 2. The van der Waals surface area contributed by atoms with Gasteiger partial charge in [-0.2, -0.15) is 0 Å². The molecule has 0 N–H and O–H groups in total. The first-order chi connectivity index (χ1) is 9.93. The maximum absolute atomic E-state index is 12.2. The van der Waals surface area contributed by atoms with Gasteiger partial charge in [0.25, 0.3) is 0 Å². The molecular weight excluding hydrogens is 310 g/mol. The summed E-state index contributed by atoms with van der Waals surface area (Å²) in [6, 6.07) is 7.46. The van der Waals surface area contributed by atoms with E-state index in [1.807, 2.05) is 38.1 Å². The molecular formula is C15H20ClNO3S. The van der Waals surface area contributed by atoms with Crippen molar-refractivity contribution in [2.45, 2.75) is 31.2 Å². The van der Waals surface area contributed by atoms with E-state index in [4.69, 9.17) is 11.6 Å². The molecule has 0 aliphatic heterocycles. The zero-order valence-electron chi connectivity index (χ0n) is 12.5. The highest BCUT2D eigenvalue weighted by Gasteiger charge is 2.20. The third-order valence-corrected chi connectivity index (χ3v) is 4.13. The van der Waals surface area contributed by atoms with Crippen LogP contribution < -0.4 is 0 Å². The molecule has 0 unspecified atom stereocenters. The predicted molar refractivity (Wildman–Crippen MR) is 85.7 cm³/mol. The first-order valence-corrected chi connectivity index (χ1v) is 8.05. The molecule has 21 heavy (non-hydrogen) atoms. The number of rotatable bonds is 7. The maximum atomic E-state index is 12.2. The van der Waals surface area contributed by atoms with E-state index in [1.165, 1.54) is 12.0 Å². The second-order valence-electron chi connectivity index (χ2n) is 4.74. The fourth-order valence-electron chi connectivity index (χ4n) is 1.69. The van der Waals surface area contributed by atoms with E-state index in [0.717, 1.165) is 4.90 Å². The van der Waals surface area contributed by atoms with Gasteiger partial charge in [-0.1, -0.05) is 11.6 Å². The Bertz CT molecular complexity index is 476. The number of hydrogen-bond acceptors (Lipinski definition) is 4. The number of nitrogens with zero attached hydrogens (tertiary/aromatic N) is 1. The lowest BCUT2D eigenvalue weighted by atomic mass is 10.3. The number of thioether (sulfide) groups is 1. The quantitative estimate of drug-likeness (QED) is 0.569. The molecule has 6 heteroatoms. The van der Waals surface area contributed by atoms with Crippen molar-refractivity contribution in [3.8, 4) is 0 Å². The zero-order chi connectivity index (χ0) is 15.8. The molecule has 0 atom stereocenters. The largest absolute Gasteiger partial charge is 0.468 e. The SMILES string of the molecule is COC(=O)CN(C(=O)CCSc1ccc(Cl)cc1)C(C)C. The molecule has 0 saturated heterocycles. The van der Waals surface area contributed by atoms with Gasteiger partial charge in [0.05, 0.1) is 7.11 Å². The first kappa shape index (κ1) is 17.9. The molecule has 116 valence electrons. The Labute approximate surface area is 134 Å². The summed E-state index contributed by atoms with van der Waals surface area (Å²) in [7, 11) is 1.32. The number of benzene rings is 1. The van der Waals surface area contributed by atoms with Gasteiger partial charge in [-0.05, 0) is 38.1 Å². The summed E-state index contributed by atoms with van der Waals surface area (Å²) in [6.07, 6.45) is 0.377. The van der Waals surface area contributed by atoms with Crippen molar-refractivity contribution in [3.63, 3.8) is 0 Å². The van der Waals surface area contributed by atoms with E-state index < -0.39 is 5.97 Å². The molecule has 4 nitrogen and oxygen atoms in total. The summed E-state index contributed by atoms with van der Waals surface area (Å²) in [5.41, 5.74) is 0. The van der Waals surface area contributed by atoms with Crippen LogP contribution in [0.4, 0.5) is 0 Å². The summed E-state index contributed by atoms with van der Waals surface area (Å²) in [5.74, 6) is 0.212. The van der Waals surface area contributed by atoms with Crippen LogP contribution in [0.5, 0.6) is 0 Å². The average Bonchev–Trinajstić information content (AvgIpc) is 2.46. The second-order valence-corrected chi connectivity index (χ2v) is 6.35. The second kappa shape index (κ2) is 8.95. The van der Waals surface area contributed by atoms with Crippen molar-refractivity contribution in [2.75, 3.05) is 19.4 Å². The van der Waals surface area contributed by atoms with Crippen LogP contribution in [-0.2, 0) is 14.3 Å². The van der Waals surface area contributed by atoms with Gasteiger partial charge in [0.1, 0.15) is 6.54 Å². The number of methoxy groups -OCH3 is 1. The van der Waals surface area contributed by atoms with E-state index in [9.17, 15) is 9.59 Å². The standard InChI is InChI=1S/C15H20ClNO3S/c1-11(2)17(10-15(19)20-3)14(18)8-9-21-13-6-4-12(16)5-7-13/h4-7,11H,8-10H2,1-3H3. The molecule has 0 radical (unpaired) electrons. The molecule has 1 aromatic carbocycles. The van der Waals surface area contributed by atoms with Gasteiger partial charge in [0, 0.05) is 28.1 Å². The molecule has 0 heterocycles. The Hall–Kier alpha value is -1.20. The monoisotopic (exact) mass is 329 g/mol. The Morgan fingerprint density at radius 2 is 1.90 bits per heavy atom. The van der Waals surface area contributed by atoms with Gasteiger partial charge in [0.2, 0.25) is 5.91 Å². The van der Waals surface area contributed by atoms with Crippen LogP contribution in [0.25, 0.3) is 0 Å². The zero-order valence-corrected chi connectivity index (χ0v) is 14.0. The van der Waals surface area contributed by atoms with E-state index in [0.29, 0.717) is 17.2 Å². The minimum absolute atomic E-state index is 0.00138. The summed E-state index contributed by atoms with van der Waals surface area (Å²) in [4.78, 5) is 26.1. The van der Waals surface area contributed by atoms with Gasteiger partial charge >= 0.3 is 5.97 Å². The topological polar surface area (TPSA) is 46.6 Å². The summed E-state index contributed by atoms with van der Waals surface area (Å²) in [5, 5.41) is 0.694. The lowest BCUT2D eigenvalue weighted by Gasteiger charge is -2.25. The fraction of sp³-hybridized carbons (Fsp3) is 0.467. The van der Waals surface area contributed by atoms with Crippen molar-refractivity contribution in [2.24, 2.45) is 0 Å². The van der Waals surface area contributed by atoms with Crippen LogP contribution in [0, 0.1) is 0 Å². The molecule has 0 aliphatic carbocycles. The Morgan fingerprint density at radius 1 is 1.29 bits per heavy atom. The molecule has 1 aromatic rings. The molecule has 0 aromatic heterocycles. The van der Waals surface area contributed by atoms with Crippen LogP contribution in [0.2, 0.25) is 5.02 Å². The van der Waals surface area contributed by atoms with Crippen LogP contribution in [0.15, 0.2) is 29.2 Å². The minimum Gasteiger partial charge on any atom is -0.468 e. The van der Waals surface area contributed by atoms with E-state index in [2.05, 4.69) is 4.74 Å². The van der Waals surface area contributed by atoms with Crippen molar-refractivity contribution in [3.05, 3.63) is 29.3 Å². The first-order valence-electron chi connectivity index (χ1n) is 6.68. The number of carbonyl (C=O) groups is 2. The lowest BCUT2D eigenvalue weighted by molar-refractivity contribution is -0.148. The predicted octanol–water partition coefficient (Wildman–Crippen LogP) is 3.23. The van der Waals surface area contributed by atoms with Crippen molar-refractivity contribution < 1.29 is 14.3 Å². The van der Waals surface area contributed by atoms with Crippen molar-refractivity contribution in [1.29, 1.82) is 0 Å². The van der Waals surface area contributed by atoms with Crippen LogP contribution in [0.3, 0.4) is 0 Å². The number of amides is 1. The lowest BCUT2D eigenvalue weighted by Crippen LogP contribution is -2.41. The molecule has 1 rings (SSSR count). The third-order valence-electron chi connectivity index (χ3n) is 2.87.